The van der Waals surface area contributed by atoms with Gasteiger partial charge in [-0.3, -0.25) is 9.59 Å². The first kappa shape index (κ1) is 14.6. The van der Waals surface area contributed by atoms with E-state index in [0.29, 0.717) is 17.0 Å². The number of ether oxygens (including phenoxy) is 1. The zero-order valence-electron chi connectivity index (χ0n) is 11.6. The molecule has 0 aliphatic rings. The van der Waals surface area contributed by atoms with Gasteiger partial charge >= 0.3 is 0 Å². The maximum atomic E-state index is 11.7. The number of para-hydroxylation sites is 1. The molecule has 2 aromatic rings. The molecule has 0 radical (unpaired) electrons. The lowest BCUT2D eigenvalue weighted by atomic mass is 10.2. The number of rotatable bonds is 5. The zero-order chi connectivity index (χ0) is 15.1. The van der Waals surface area contributed by atoms with Crippen LogP contribution in [0.15, 0.2) is 54.6 Å². The highest BCUT2D eigenvalue weighted by Gasteiger charge is 2.05. The van der Waals surface area contributed by atoms with Gasteiger partial charge in [-0.15, -0.1) is 0 Å². The number of carbonyl (C=O) groups excluding carboxylic acids is 2. The molecule has 5 nitrogen and oxygen atoms in total. The summed E-state index contributed by atoms with van der Waals surface area (Å²) >= 11 is 0. The van der Waals surface area contributed by atoms with Gasteiger partial charge in [0.2, 0.25) is 0 Å². The molecule has 0 aliphatic carbocycles. The molecule has 2 rings (SSSR count). The number of anilines is 1. The predicted molar refractivity (Wildman–Crippen MR) is 80.4 cm³/mol. The molecule has 2 aromatic carbocycles. The molecule has 0 unspecified atom stereocenters. The molecule has 0 saturated heterocycles. The second kappa shape index (κ2) is 7.09. The van der Waals surface area contributed by atoms with E-state index < -0.39 is 0 Å². The minimum absolute atomic E-state index is 0.0682. The molecule has 0 saturated carbocycles. The molecule has 0 atom stereocenters. The first-order valence-electron chi connectivity index (χ1n) is 6.49. The van der Waals surface area contributed by atoms with Crippen LogP contribution in [0.4, 0.5) is 5.69 Å². The summed E-state index contributed by atoms with van der Waals surface area (Å²) < 4.78 is 5.34. The summed E-state index contributed by atoms with van der Waals surface area (Å²) in [6.45, 7) is -0.0682. The van der Waals surface area contributed by atoms with Crippen molar-refractivity contribution in [3.05, 3.63) is 60.2 Å². The van der Waals surface area contributed by atoms with E-state index in [0.717, 1.165) is 0 Å². The number of hydrogen-bond acceptors (Lipinski definition) is 3. The average molecular weight is 284 g/mol. The normalized spacial score (nSPS) is 9.76. The minimum Gasteiger partial charge on any atom is -0.484 e. The van der Waals surface area contributed by atoms with Crippen molar-refractivity contribution in [2.45, 2.75) is 0 Å². The maximum Gasteiger partial charge on any atom is 0.262 e. The zero-order valence-corrected chi connectivity index (χ0v) is 11.6. The van der Waals surface area contributed by atoms with Crippen LogP contribution in [0.1, 0.15) is 10.4 Å². The second-order valence-corrected chi connectivity index (χ2v) is 4.31. The van der Waals surface area contributed by atoms with Crippen LogP contribution in [-0.4, -0.2) is 25.5 Å². The third-order valence-electron chi connectivity index (χ3n) is 2.77. The van der Waals surface area contributed by atoms with Crippen molar-refractivity contribution in [1.29, 1.82) is 0 Å². The number of amides is 2. The fraction of sp³-hybridized carbons (Fsp3) is 0.125. The van der Waals surface area contributed by atoms with E-state index >= 15 is 0 Å². The van der Waals surface area contributed by atoms with Crippen molar-refractivity contribution in [1.82, 2.24) is 5.32 Å². The Kier molecular flexibility index (Phi) is 4.93. The summed E-state index contributed by atoms with van der Waals surface area (Å²) in [6.07, 6.45) is 0. The molecule has 5 heteroatoms. The Morgan fingerprint density at radius 3 is 2.29 bits per heavy atom. The van der Waals surface area contributed by atoms with Gasteiger partial charge in [0, 0.05) is 18.3 Å². The lowest BCUT2D eigenvalue weighted by Crippen LogP contribution is -2.20. The molecule has 0 fully saturated rings. The third kappa shape index (κ3) is 4.35. The molecule has 0 spiro atoms. The molecule has 0 bridgehead atoms. The molecule has 2 amide bonds. The molecule has 2 N–H and O–H groups in total. The van der Waals surface area contributed by atoms with Gasteiger partial charge in [0.05, 0.1) is 0 Å². The first-order valence-corrected chi connectivity index (χ1v) is 6.49. The quantitative estimate of drug-likeness (QED) is 0.883. The van der Waals surface area contributed by atoms with Crippen LogP contribution in [0.2, 0.25) is 0 Å². The second-order valence-electron chi connectivity index (χ2n) is 4.31. The van der Waals surface area contributed by atoms with E-state index in [1.54, 1.807) is 43.4 Å². The minimum atomic E-state index is -0.258. The topological polar surface area (TPSA) is 67.4 Å². The summed E-state index contributed by atoms with van der Waals surface area (Å²) in [6, 6.07) is 15.8. The molecule has 0 aliphatic heterocycles. The summed E-state index contributed by atoms with van der Waals surface area (Å²) in [5, 5.41) is 5.23. The molecular formula is C16H16N2O3. The standard InChI is InChI=1S/C16H16N2O3/c1-17-16(20)12-7-9-13(10-8-12)18-15(19)11-21-14-5-3-2-4-6-14/h2-10H,11H2,1H3,(H,17,20)(H,18,19). The van der Waals surface area contributed by atoms with Crippen molar-refractivity contribution >= 4 is 17.5 Å². The number of carbonyl (C=O) groups is 2. The van der Waals surface area contributed by atoms with Crippen LogP contribution in [0.5, 0.6) is 5.75 Å². The van der Waals surface area contributed by atoms with Gasteiger partial charge in [-0.1, -0.05) is 18.2 Å². The van der Waals surface area contributed by atoms with Crippen molar-refractivity contribution in [3.63, 3.8) is 0 Å². The van der Waals surface area contributed by atoms with Crippen molar-refractivity contribution in [2.75, 3.05) is 19.0 Å². The Morgan fingerprint density at radius 2 is 1.67 bits per heavy atom. The number of hydrogen-bond donors (Lipinski definition) is 2. The maximum absolute atomic E-state index is 11.7. The molecular weight excluding hydrogens is 268 g/mol. The van der Waals surface area contributed by atoms with Gasteiger partial charge in [0.15, 0.2) is 6.61 Å². The van der Waals surface area contributed by atoms with Crippen LogP contribution in [0, 0.1) is 0 Å². The Bertz CT molecular complexity index is 609. The molecule has 0 aromatic heterocycles. The van der Waals surface area contributed by atoms with Crippen molar-refractivity contribution in [2.24, 2.45) is 0 Å². The van der Waals surface area contributed by atoms with Gasteiger partial charge in [0.1, 0.15) is 5.75 Å². The SMILES string of the molecule is CNC(=O)c1ccc(NC(=O)COc2ccccc2)cc1. The lowest BCUT2D eigenvalue weighted by molar-refractivity contribution is -0.118. The van der Waals surface area contributed by atoms with E-state index in [-0.39, 0.29) is 18.4 Å². The van der Waals surface area contributed by atoms with E-state index in [2.05, 4.69) is 10.6 Å². The van der Waals surface area contributed by atoms with Gasteiger partial charge in [0.25, 0.3) is 11.8 Å². The molecule has 0 heterocycles. The Labute approximate surface area is 122 Å². The van der Waals surface area contributed by atoms with Crippen LogP contribution in [-0.2, 0) is 4.79 Å². The fourth-order valence-electron chi connectivity index (χ4n) is 1.71. The van der Waals surface area contributed by atoms with E-state index in [1.165, 1.54) is 0 Å². The largest absolute Gasteiger partial charge is 0.484 e. The summed E-state index contributed by atoms with van der Waals surface area (Å²) in [4.78, 5) is 23.1. The third-order valence-corrected chi connectivity index (χ3v) is 2.77. The van der Waals surface area contributed by atoms with Crippen LogP contribution in [0.25, 0.3) is 0 Å². The van der Waals surface area contributed by atoms with Gasteiger partial charge in [-0.2, -0.15) is 0 Å². The van der Waals surface area contributed by atoms with Gasteiger partial charge in [-0.05, 0) is 36.4 Å². The highest BCUT2D eigenvalue weighted by Crippen LogP contribution is 2.11. The Balaban J connectivity index is 1.86. The lowest BCUT2D eigenvalue weighted by Gasteiger charge is -2.08. The van der Waals surface area contributed by atoms with E-state index in [9.17, 15) is 9.59 Å². The first-order chi connectivity index (χ1) is 10.2. The van der Waals surface area contributed by atoms with Crippen molar-refractivity contribution in [3.8, 4) is 5.75 Å². The highest BCUT2D eigenvalue weighted by atomic mass is 16.5. The monoisotopic (exact) mass is 284 g/mol. The Hall–Kier alpha value is -2.82. The Morgan fingerprint density at radius 1 is 1.00 bits per heavy atom. The summed E-state index contributed by atoms with van der Waals surface area (Å²) in [5.74, 6) is 0.217. The van der Waals surface area contributed by atoms with E-state index in [4.69, 9.17) is 4.74 Å². The van der Waals surface area contributed by atoms with Crippen LogP contribution >= 0.6 is 0 Å². The smallest absolute Gasteiger partial charge is 0.262 e. The summed E-state index contributed by atoms with van der Waals surface area (Å²) in [5.41, 5.74) is 1.15. The van der Waals surface area contributed by atoms with Gasteiger partial charge in [-0.25, -0.2) is 0 Å². The molecule has 21 heavy (non-hydrogen) atoms. The highest BCUT2D eigenvalue weighted by molar-refractivity contribution is 5.95. The predicted octanol–water partition coefficient (Wildman–Crippen LogP) is 2.06. The van der Waals surface area contributed by atoms with Gasteiger partial charge < -0.3 is 15.4 Å². The fourth-order valence-corrected chi connectivity index (χ4v) is 1.71. The van der Waals surface area contributed by atoms with Crippen LogP contribution in [0.3, 0.4) is 0 Å². The average Bonchev–Trinajstić information content (AvgIpc) is 2.54. The van der Waals surface area contributed by atoms with E-state index in [1.807, 2.05) is 18.2 Å². The summed E-state index contributed by atoms with van der Waals surface area (Å²) in [7, 11) is 1.57. The van der Waals surface area contributed by atoms with Crippen molar-refractivity contribution < 1.29 is 14.3 Å². The van der Waals surface area contributed by atoms with Crippen LogP contribution < -0.4 is 15.4 Å². The number of benzene rings is 2. The molecule has 108 valence electrons. The number of nitrogens with one attached hydrogen (secondary N) is 2.